The van der Waals surface area contributed by atoms with E-state index in [-0.39, 0.29) is 6.03 Å². The summed E-state index contributed by atoms with van der Waals surface area (Å²) < 4.78 is 1.09. The summed E-state index contributed by atoms with van der Waals surface area (Å²) in [4.78, 5) is 18.7. The molecule has 2 heterocycles. The molecule has 3 rings (SSSR count). The monoisotopic (exact) mass is 304 g/mol. The predicted molar refractivity (Wildman–Crippen MR) is 86.9 cm³/mol. The third-order valence-corrected chi connectivity index (χ3v) is 4.83. The van der Waals surface area contributed by atoms with E-state index in [1.165, 1.54) is 11.3 Å². The molecule has 1 aliphatic heterocycles. The second-order valence-electron chi connectivity index (χ2n) is 5.37. The number of carbonyl (C=O) groups excluding carboxylic acids is 1. The Balaban J connectivity index is 1.50. The number of thiazole rings is 1. The van der Waals surface area contributed by atoms with Gasteiger partial charge in [0.15, 0.2) is 5.13 Å². The summed E-state index contributed by atoms with van der Waals surface area (Å²) in [5, 5.41) is 6.42. The summed E-state index contributed by atoms with van der Waals surface area (Å²) in [5.41, 5.74) is 0.923. The maximum Gasteiger partial charge on any atom is 0.321 e. The number of carbonyl (C=O) groups is 1. The van der Waals surface area contributed by atoms with Crippen LogP contribution in [0.1, 0.15) is 13.3 Å². The molecule has 2 aromatic rings. The number of hydrogen-bond acceptors (Lipinski definition) is 4. The summed E-state index contributed by atoms with van der Waals surface area (Å²) >= 11 is 1.50. The number of amides is 2. The van der Waals surface area contributed by atoms with Crippen molar-refractivity contribution < 1.29 is 4.79 Å². The van der Waals surface area contributed by atoms with Crippen molar-refractivity contribution in [2.45, 2.75) is 13.3 Å². The largest absolute Gasteiger partial charge is 0.337 e. The summed E-state index contributed by atoms with van der Waals surface area (Å²) in [7, 11) is 0. The zero-order valence-electron chi connectivity index (χ0n) is 12.1. The van der Waals surface area contributed by atoms with Crippen molar-refractivity contribution in [3.63, 3.8) is 0 Å². The summed E-state index contributed by atoms with van der Waals surface area (Å²) in [6.45, 7) is 6.22. The molecular formula is C15H20N4OS. The van der Waals surface area contributed by atoms with Gasteiger partial charge in [0, 0.05) is 13.1 Å². The Morgan fingerprint density at radius 2 is 2.33 bits per heavy atom. The quantitative estimate of drug-likeness (QED) is 0.913. The number of nitrogens with one attached hydrogen (secondary N) is 2. The van der Waals surface area contributed by atoms with Gasteiger partial charge in [-0.3, -0.25) is 5.32 Å². The molecule has 5 nitrogen and oxygen atoms in total. The second-order valence-corrected chi connectivity index (χ2v) is 6.40. The van der Waals surface area contributed by atoms with Crippen molar-refractivity contribution in [2.24, 2.45) is 5.92 Å². The van der Waals surface area contributed by atoms with Crippen LogP contribution < -0.4 is 10.6 Å². The van der Waals surface area contributed by atoms with E-state index in [0.717, 1.165) is 42.8 Å². The third-order valence-electron chi connectivity index (χ3n) is 3.88. The molecule has 0 unspecified atom stereocenters. The number of likely N-dealkylation sites (tertiary alicyclic amines) is 1. The topological polar surface area (TPSA) is 57.3 Å². The molecule has 0 aliphatic carbocycles. The van der Waals surface area contributed by atoms with E-state index in [0.29, 0.717) is 11.0 Å². The van der Waals surface area contributed by atoms with E-state index < -0.39 is 0 Å². The Kier molecular flexibility index (Phi) is 4.36. The van der Waals surface area contributed by atoms with Crippen LogP contribution in [0.25, 0.3) is 10.2 Å². The highest BCUT2D eigenvalue weighted by Gasteiger charge is 2.21. The zero-order valence-corrected chi connectivity index (χ0v) is 12.9. The lowest BCUT2D eigenvalue weighted by Crippen LogP contribution is -2.34. The normalized spacial score (nSPS) is 19.0. The molecule has 0 saturated carbocycles. The van der Waals surface area contributed by atoms with Gasteiger partial charge in [-0.25, -0.2) is 9.78 Å². The van der Waals surface area contributed by atoms with E-state index >= 15 is 0 Å². The number of anilines is 1. The molecular weight excluding hydrogens is 284 g/mol. The van der Waals surface area contributed by atoms with Crippen LogP contribution in [-0.4, -0.2) is 42.1 Å². The SMILES string of the molecule is CCN1CC[C@@H](CNC(=O)Nc2nc3ccccc3s2)C1. The Bertz CT molecular complexity index is 594. The number of benzene rings is 1. The summed E-state index contributed by atoms with van der Waals surface area (Å²) in [6, 6.07) is 7.72. The molecule has 2 N–H and O–H groups in total. The minimum atomic E-state index is -0.163. The van der Waals surface area contributed by atoms with Crippen LogP contribution in [0.4, 0.5) is 9.93 Å². The van der Waals surface area contributed by atoms with Gasteiger partial charge in [0.25, 0.3) is 0 Å². The van der Waals surface area contributed by atoms with E-state index in [4.69, 9.17) is 0 Å². The molecule has 6 heteroatoms. The van der Waals surface area contributed by atoms with Crippen molar-refractivity contribution in [1.82, 2.24) is 15.2 Å². The van der Waals surface area contributed by atoms with E-state index in [2.05, 4.69) is 27.4 Å². The number of fused-ring (bicyclic) bond motifs is 1. The van der Waals surface area contributed by atoms with Crippen LogP contribution >= 0.6 is 11.3 Å². The van der Waals surface area contributed by atoms with Gasteiger partial charge in [0.1, 0.15) is 0 Å². The van der Waals surface area contributed by atoms with E-state index in [1.54, 1.807) is 0 Å². The molecule has 112 valence electrons. The molecule has 0 spiro atoms. The molecule has 1 aromatic heterocycles. The highest BCUT2D eigenvalue weighted by Crippen LogP contribution is 2.25. The Hall–Kier alpha value is -1.66. The molecule has 0 bridgehead atoms. The van der Waals surface area contributed by atoms with Crippen LogP contribution in [0.5, 0.6) is 0 Å². The first-order valence-electron chi connectivity index (χ1n) is 7.37. The second kappa shape index (κ2) is 6.41. The Morgan fingerprint density at radius 1 is 1.48 bits per heavy atom. The third kappa shape index (κ3) is 3.51. The van der Waals surface area contributed by atoms with Crippen LogP contribution in [-0.2, 0) is 0 Å². The molecule has 1 saturated heterocycles. The van der Waals surface area contributed by atoms with Crippen molar-refractivity contribution >= 4 is 32.7 Å². The average molecular weight is 304 g/mol. The standard InChI is InChI=1S/C15H20N4OS/c1-2-19-8-7-11(10-19)9-16-14(20)18-15-17-12-5-3-4-6-13(12)21-15/h3-6,11H,2,7-10H2,1H3,(H2,16,17,18,20)/t11-/m0/s1. The number of hydrogen-bond donors (Lipinski definition) is 2. The first-order valence-corrected chi connectivity index (χ1v) is 8.19. The van der Waals surface area contributed by atoms with Crippen LogP contribution in [0.3, 0.4) is 0 Å². The van der Waals surface area contributed by atoms with Gasteiger partial charge < -0.3 is 10.2 Å². The molecule has 1 aromatic carbocycles. The van der Waals surface area contributed by atoms with Gasteiger partial charge in [-0.05, 0) is 37.6 Å². The minimum absolute atomic E-state index is 0.163. The van der Waals surface area contributed by atoms with Gasteiger partial charge in [0.05, 0.1) is 10.2 Å². The lowest BCUT2D eigenvalue weighted by atomic mass is 10.1. The fourth-order valence-electron chi connectivity index (χ4n) is 2.67. The van der Waals surface area contributed by atoms with Crippen LogP contribution in [0.15, 0.2) is 24.3 Å². The van der Waals surface area contributed by atoms with Crippen molar-refractivity contribution in [3.8, 4) is 0 Å². The maximum atomic E-state index is 11.9. The van der Waals surface area contributed by atoms with Gasteiger partial charge in [0.2, 0.25) is 0 Å². The van der Waals surface area contributed by atoms with Gasteiger partial charge in [-0.15, -0.1) is 0 Å². The zero-order chi connectivity index (χ0) is 14.7. The lowest BCUT2D eigenvalue weighted by molar-refractivity contribution is 0.250. The van der Waals surface area contributed by atoms with Crippen molar-refractivity contribution in [2.75, 3.05) is 31.5 Å². The fraction of sp³-hybridized carbons (Fsp3) is 0.467. The Labute approximate surface area is 128 Å². The first kappa shape index (κ1) is 14.3. The molecule has 2 amide bonds. The maximum absolute atomic E-state index is 11.9. The van der Waals surface area contributed by atoms with Crippen LogP contribution in [0, 0.1) is 5.92 Å². The summed E-state index contributed by atoms with van der Waals surface area (Å²) in [5.74, 6) is 0.561. The summed E-state index contributed by atoms with van der Waals surface area (Å²) in [6.07, 6.45) is 1.16. The number of nitrogens with zero attached hydrogens (tertiary/aromatic N) is 2. The van der Waals surface area contributed by atoms with Crippen molar-refractivity contribution in [3.05, 3.63) is 24.3 Å². The van der Waals surface area contributed by atoms with E-state index in [9.17, 15) is 4.79 Å². The van der Waals surface area contributed by atoms with E-state index in [1.807, 2.05) is 24.3 Å². The Morgan fingerprint density at radius 3 is 3.10 bits per heavy atom. The molecule has 1 fully saturated rings. The average Bonchev–Trinajstić information content (AvgIpc) is 3.10. The number of rotatable bonds is 4. The van der Waals surface area contributed by atoms with Crippen LogP contribution in [0.2, 0.25) is 0 Å². The number of aromatic nitrogens is 1. The van der Waals surface area contributed by atoms with Gasteiger partial charge in [-0.2, -0.15) is 0 Å². The number of urea groups is 1. The number of para-hydroxylation sites is 1. The van der Waals surface area contributed by atoms with Gasteiger partial charge >= 0.3 is 6.03 Å². The highest BCUT2D eigenvalue weighted by atomic mass is 32.1. The predicted octanol–water partition coefficient (Wildman–Crippen LogP) is 2.76. The molecule has 1 atom stereocenters. The minimum Gasteiger partial charge on any atom is -0.337 e. The molecule has 21 heavy (non-hydrogen) atoms. The van der Waals surface area contributed by atoms with Crippen molar-refractivity contribution in [1.29, 1.82) is 0 Å². The first-order chi connectivity index (χ1) is 10.2. The highest BCUT2D eigenvalue weighted by molar-refractivity contribution is 7.22. The molecule has 1 aliphatic rings. The smallest absolute Gasteiger partial charge is 0.321 e. The lowest BCUT2D eigenvalue weighted by Gasteiger charge is -2.13. The molecule has 0 radical (unpaired) electrons. The van der Waals surface area contributed by atoms with Gasteiger partial charge in [-0.1, -0.05) is 30.4 Å². The fourth-order valence-corrected chi connectivity index (χ4v) is 3.53.